The number of carbonyl (C=O) groups is 6. The summed E-state index contributed by atoms with van der Waals surface area (Å²) in [6.07, 6.45) is -15.2. The van der Waals surface area contributed by atoms with Gasteiger partial charge in [-0.2, -0.15) is 0 Å². The van der Waals surface area contributed by atoms with Gasteiger partial charge in [-0.3, -0.25) is 28.9 Å². The van der Waals surface area contributed by atoms with E-state index in [1.54, 1.807) is 0 Å². The number of ether oxygens (including phenoxy) is 7. The summed E-state index contributed by atoms with van der Waals surface area (Å²) in [6.45, 7) is -1.40. The molecule has 3 rings (SSSR count). The molecule has 11 N–H and O–H groups in total. The number of hydrogen-bond acceptors (Lipinski definition) is 24. The molecule has 2 aromatic carbocycles. The molecule has 0 saturated carbocycles. The van der Waals surface area contributed by atoms with E-state index in [1.165, 1.54) is 40.1 Å². The third-order valence-corrected chi connectivity index (χ3v) is 13.7. The number of hydrogen-bond donors (Lipinski definition) is 11. The van der Waals surface area contributed by atoms with E-state index >= 15 is 0 Å². The maximum absolute atomic E-state index is 13.0. The molecular weight excluding hydrogens is 1140 g/mol. The van der Waals surface area contributed by atoms with Crippen LogP contribution in [0.3, 0.4) is 0 Å². The van der Waals surface area contributed by atoms with Crippen molar-refractivity contribution in [1.29, 1.82) is 0 Å². The summed E-state index contributed by atoms with van der Waals surface area (Å²) in [6, 6.07) is 15.8. The van der Waals surface area contributed by atoms with Crippen molar-refractivity contribution in [3.8, 4) is 11.1 Å². The highest BCUT2D eigenvalue weighted by molar-refractivity contribution is 5.91. The first-order valence-electron chi connectivity index (χ1n) is 28.2. The molecule has 1 aliphatic rings. The van der Waals surface area contributed by atoms with E-state index in [0.29, 0.717) is 26.4 Å². The second-order valence-electron chi connectivity index (χ2n) is 20.5. The lowest BCUT2D eigenvalue weighted by Crippen LogP contribution is -2.53. The predicted molar refractivity (Wildman–Crippen MR) is 305 cm³/mol. The highest BCUT2D eigenvalue weighted by Gasteiger charge is 2.35. The highest BCUT2D eigenvalue weighted by atomic mass is 16.6. The standard InChI is InChI=1S/C56H91N7O23/c1-58(48(71)31-59(2)49(72)32-60(3)50(73)33-61(4)51(74)34-62(5)56(79)86-37-42-40-12-8-6-10-38(40)39-11-7-9-13-41(39)42)30-47(70)57-14-16-80-18-20-82-22-24-84-26-27-85-25-23-83-21-19-81-17-15-63(28-43(66)52(75)54(77)45(68)35-64)29-44(67)53(76)55(78)46(69)36-65/h6-13,42-46,52-55,64-69,75-78H,14-37H2,1-5H3,(H,57,70)/t43-,44-,45+,46+,52+,53+,54+,55+/m0/s1. The van der Waals surface area contributed by atoms with Crippen LogP contribution in [0.25, 0.3) is 11.1 Å². The number of likely N-dealkylation sites (N-methyl/N-ethyl adjacent to an activating group) is 5. The zero-order chi connectivity index (χ0) is 63.7. The lowest BCUT2D eigenvalue weighted by atomic mass is 9.98. The van der Waals surface area contributed by atoms with Gasteiger partial charge in [0.05, 0.1) is 131 Å². The third-order valence-electron chi connectivity index (χ3n) is 13.7. The van der Waals surface area contributed by atoms with E-state index in [0.717, 1.165) is 46.8 Å². The molecule has 0 unspecified atom stereocenters. The first-order chi connectivity index (χ1) is 41.0. The predicted octanol–water partition coefficient (Wildman–Crippen LogP) is -5.91. The lowest BCUT2D eigenvalue weighted by molar-refractivity contribution is -0.144. The molecule has 6 amide bonds. The van der Waals surface area contributed by atoms with E-state index < -0.39 is 111 Å². The third kappa shape index (κ3) is 26.4. The summed E-state index contributed by atoms with van der Waals surface area (Å²) in [5, 5.41) is 101. The molecule has 1 aliphatic carbocycles. The van der Waals surface area contributed by atoms with Crippen LogP contribution >= 0.6 is 0 Å². The molecule has 0 spiro atoms. The largest absolute Gasteiger partial charge is 0.448 e. The normalized spacial score (nSPS) is 14.9. The quantitative estimate of drug-likeness (QED) is 0.0275. The van der Waals surface area contributed by atoms with Crippen LogP contribution in [0.4, 0.5) is 4.79 Å². The molecule has 0 aromatic heterocycles. The van der Waals surface area contributed by atoms with Gasteiger partial charge in [0.2, 0.25) is 29.5 Å². The van der Waals surface area contributed by atoms with Crippen molar-refractivity contribution < 1.29 is 113 Å². The Morgan fingerprint density at radius 1 is 0.442 bits per heavy atom. The highest BCUT2D eigenvalue weighted by Crippen LogP contribution is 2.44. The molecule has 0 saturated heterocycles. The van der Waals surface area contributed by atoms with Crippen LogP contribution in [0.5, 0.6) is 0 Å². The van der Waals surface area contributed by atoms with Gasteiger partial charge in [-0.05, 0) is 22.3 Å². The lowest BCUT2D eigenvalue weighted by Gasteiger charge is -2.33. The Morgan fingerprint density at radius 2 is 0.767 bits per heavy atom. The Kier molecular flexibility index (Phi) is 35.4. The average Bonchev–Trinajstić information content (AvgIpc) is 2.50. The van der Waals surface area contributed by atoms with E-state index in [2.05, 4.69) is 5.32 Å². The van der Waals surface area contributed by atoms with E-state index in [-0.39, 0.29) is 111 Å². The molecule has 30 heteroatoms. The van der Waals surface area contributed by atoms with Gasteiger partial charge in [0.25, 0.3) is 0 Å². The van der Waals surface area contributed by atoms with Crippen LogP contribution in [0.1, 0.15) is 17.0 Å². The SMILES string of the molecule is CN(CC(=O)NCCOCCOCCOCCOCCOCCOCCN(C[C@H](O)[C@@H](O)[C@H](O)[C@H](O)CO)C[C@H](O)[C@@H](O)[C@H](O)[C@H](O)CO)C(=O)CN(C)C(=O)CN(C)C(=O)CN(C)C(=O)CN(C)C(=O)OCC1c2ccccc2-c2ccccc21. The van der Waals surface area contributed by atoms with Gasteiger partial charge in [0.1, 0.15) is 49.8 Å². The summed E-state index contributed by atoms with van der Waals surface area (Å²) in [5.41, 5.74) is 4.26. The van der Waals surface area contributed by atoms with Gasteiger partial charge in [-0.25, -0.2) is 4.79 Å². The number of amides is 6. The molecule has 0 aliphatic heterocycles. The van der Waals surface area contributed by atoms with Gasteiger partial charge >= 0.3 is 6.09 Å². The molecular formula is C56H91N7O23. The van der Waals surface area contributed by atoms with Crippen LogP contribution in [0, 0.1) is 0 Å². The van der Waals surface area contributed by atoms with E-state index in [4.69, 9.17) is 43.4 Å². The Morgan fingerprint density at radius 3 is 1.15 bits per heavy atom. The number of fused-ring (bicyclic) bond motifs is 3. The van der Waals surface area contributed by atoms with Crippen molar-refractivity contribution in [2.24, 2.45) is 0 Å². The van der Waals surface area contributed by atoms with E-state index in [9.17, 15) is 69.6 Å². The summed E-state index contributed by atoms with van der Waals surface area (Å²) in [7, 11) is 7.01. The minimum absolute atomic E-state index is 0.00304. The number of nitrogens with zero attached hydrogens (tertiary/aromatic N) is 6. The Balaban J connectivity index is 1.15. The minimum Gasteiger partial charge on any atom is -0.448 e. The number of carbonyl (C=O) groups excluding carboxylic acids is 6. The van der Waals surface area contributed by atoms with Crippen molar-refractivity contribution >= 4 is 35.6 Å². The topological polar surface area (TPSA) is 401 Å². The van der Waals surface area contributed by atoms with Crippen LogP contribution in [0.2, 0.25) is 0 Å². The Bertz CT molecular complexity index is 2250. The molecule has 2 aromatic rings. The monoisotopic (exact) mass is 1230 g/mol. The first kappa shape index (κ1) is 74.6. The Hall–Kier alpha value is -5.62. The fourth-order valence-corrected chi connectivity index (χ4v) is 8.47. The van der Waals surface area contributed by atoms with Gasteiger partial charge < -0.3 is 114 Å². The van der Waals surface area contributed by atoms with Crippen LogP contribution in [-0.2, 0) is 57.1 Å². The second-order valence-corrected chi connectivity index (χ2v) is 20.5. The molecule has 86 heavy (non-hydrogen) atoms. The number of rotatable bonds is 45. The molecule has 0 bridgehead atoms. The van der Waals surface area contributed by atoms with Gasteiger partial charge in [0, 0.05) is 67.3 Å². The van der Waals surface area contributed by atoms with Crippen molar-refractivity contribution in [2.75, 3.05) is 193 Å². The summed E-state index contributed by atoms with van der Waals surface area (Å²) < 4.78 is 38.5. The number of aliphatic hydroxyl groups is 10. The molecule has 30 nitrogen and oxygen atoms in total. The fraction of sp³-hybridized carbons (Fsp3) is 0.679. The average molecular weight is 1230 g/mol. The summed E-state index contributed by atoms with van der Waals surface area (Å²) in [5.74, 6) is -2.77. The van der Waals surface area contributed by atoms with Crippen LogP contribution in [0.15, 0.2) is 48.5 Å². The molecule has 8 atom stereocenters. The molecule has 488 valence electrons. The number of nitrogens with one attached hydrogen (secondary N) is 1. The maximum Gasteiger partial charge on any atom is 0.409 e. The van der Waals surface area contributed by atoms with E-state index in [1.807, 2.05) is 48.5 Å². The Labute approximate surface area is 500 Å². The van der Waals surface area contributed by atoms with Crippen molar-refractivity contribution in [1.82, 2.24) is 34.7 Å². The maximum atomic E-state index is 13.0. The summed E-state index contributed by atoms with van der Waals surface area (Å²) in [4.78, 5) is 84.2. The second kappa shape index (κ2) is 40.8. The molecule has 0 fully saturated rings. The van der Waals surface area contributed by atoms with Crippen LogP contribution < -0.4 is 5.32 Å². The molecule has 0 radical (unpaired) electrons. The molecule has 0 heterocycles. The summed E-state index contributed by atoms with van der Waals surface area (Å²) >= 11 is 0. The zero-order valence-electron chi connectivity index (χ0n) is 49.7. The van der Waals surface area contributed by atoms with Gasteiger partial charge in [0.15, 0.2) is 0 Å². The van der Waals surface area contributed by atoms with Crippen LogP contribution in [-0.4, -0.2) is 358 Å². The van der Waals surface area contributed by atoms with Gasteiger partial charge in [-0.1, -0.05) is 48.5 Å². The minimum atomic E-state index is -1.90. The van der Waals surface area contributed by atoms with Crippen molar-refractivity contribution in [2.45, 2.75) is 54.7 Å². The fourth-order valence-electron chi connectivity index (χ4n) is 8.47. The zero-order valence-corrected chi connectivity index (χ0v) is 49.7. The van der Waals surface area contributed by atoms with Crippen molar-refractivity contribution in [3.05, 3.63) is 59.7 Å². The number of aliphatic hydroxyl groups excluding tert-OH is 10. The first-order valence-corrected chi connectivity index (χ1v) is 28.2. The smallest absolute Gasteiger partial charge is 0.409 e. The number of benzene rings is 2. The van der Waals surface area contributed by atoms with Crippen molar-refractivity contribution in [3.63, 3.8) is 0 Å². The van der Waals surface area contributed by atoms with Gasteiger partial charge in [-0.15, -0.1) is 0 Å².